The quantitative estimate of drug-likeness (QED) is 0.911. The van der Waals surface area contributed by atoms with Gasteiger partial charge in [-0.15, -0.1) is 0 Å². The van der Waals surface area contributed by atoms with Crippen LogP contribution in [0.5, 0.6) is 0 Å². The normalized spacial score (nSPS) is 13.2. The van der Waals surface area contributed by atoms with E-state index in [9.17, 15) is 13.2 Å². The van der Waals surface area contributed by atoms with Crippen molar-refractivity contribution in [2.45, 2.75) is 19.1 Å². The number of hydrogen-bond donors (Lipinski definition) is 1. The number of ether oxygens (including phenoxy) is 1. The van der Waals surface area contributed by atoms with Gasteiger partial charge in [-0.1, -0.05) is 12.1 Å². The molecule has 0 saturated carbocycles. The number of aromatic nitrogens is 2. The number of rotatable bonds is 5. The van der Waals surface area contributed by atoms with Crippen LogP contribution in [0.3, 0.4) is 0 Å². The zero-order valence-corrected chi connectivity index (χ0v) is 11.7. The molecule has 0 radical (unpaired) electrons. The van der Waals surface area contributed by atoms with Crippen LogP contribution in [0, 0.1) is 0 Å². The molecule has 4 nitrogen and oxygen atoms in total. The Labute approximate surface area is 120 Å². The van der Waals surface area contributed by atoms with Crippen LogP contribution in [0.2, 0.25) is 0 Å². The van der Waals surface area contributed by atoms with Crippen LogP contribution in [0.1, 0.15) is 18.5 Å². The minimum atomic E-state index is -4.42. The Morgan fingerprint density at radius 2 is 2.05 bits per heavy atom. The van der Waals surface area contributed by atoms with Crippen molar-refractivity contribution in [3.8, 4) is 0 Å². The van der Waals surface area contributed by atoms with E-state index in [0.717, 1.165) is 6.07 Å². The molecule has 1 atom stereocenters. The van der Waals surface area contributed by atoms with Crippen LogP contribution >= 0.6 is 0 Å². The molecule has 2 aromatic rings. The molecular formula is C14H16F3N3O. The molecular weight excluding hydrogens is 283 g/mol. The van der Waals surface area contributed by atoms with Crippen molar-refractivity contribution in [3.05, 3.63) is 42.2 Å². The number of nitrogens with one attached hydrogen (secondary N) is 1. The van der Waals surface area contributed by atoms with Gasteiger partial charge in [-0.05, 0) is 19.1 Å². The third kappa shape index (κ3) is 3.55. The molecule has 0 saturated heterocycles. The topological polar surface area (TPSA) is 39.1 Å². The number of anilines is 2. The zero-order chi connectivity index (χ0) is 15.5. The molecule has 1 N–H and O–H groups in total. The van der Waals surface area contributed by atoms with E-state index in [2.05, 4.69) is 10.3 Å². The molecule has 0 aliphatic rings. The molecule has 0 bridgehead atoms. The second-order valence-electron chi connectivity index (χ2n) is 4.63. The van der Waals surface area contributed by atoms with Crippen LogP contribution in [-0.2, 0) is 10.9 Å². The molecule has 7 heteroatoms. The van der Waals surface area contributed by atoms with Gasteiger partial charge in [0.15, 0.2) is 0 Å². The van der Waals surface area contributed by atoms with Crippen molar-refractivity contribution < 1.29 is 17.9 Å². The van der Waals surface area contributed by atoms with Crippen LogP contribution in [0.25, 0.3) is 0 Å². The molecule has 1 heterocycles. The Morgan fingerprint density at radius 3 is 2.71 bits per heavy atom. The third-order valence-electron chi connectivity index (χ3n) is 3.03. The lowest BCUT2D eigenvalue weighted by molar-refractivity contribution is -0.136. The van der Waals surface area contributed by atoms with Gasteiger partial charge in [0.25, 0.3) is 0 Å². The minimum absolute atomic E-state index is 0.0259. The molecule has 1 aromatic heterocycles. The van der Waals surface area contributed by atoms with Gasteiger partial charge in [0, 0.05) is 19.5 Å². The van der Waals surface area contributed by atoms with Gasteiger partial charge in [0.2, 0.25) is 5.95 Å². The maximum absolute atomic E-state index is 13.0. The molecule has 1 unspecified atom stereocenters. The van der Waals surface area contributed by atoms with Crippen molar-refractivity contribution in [2.75, 3.05) is 19.0 Å². The Hall–Kier alpha value is -2.02. The summed E-state index contributed by atoms with van der Waals surface area (Å²) in [5.74, 6) is 0.344. The second kappa shape index (κ2) is 6.17. The number of halogens is 3. The molecule has 114 valence electrons. The molecule has 2 rings (SSSR count). The van der Waals surface area contributed by atoms with Crippen LogP contribution < -0.4 is 5.32 Å². The Morgan fingerprint density at radius 1 is 1.33 bits per heavy atom. The number of nitrogens with zero attached hydrogens (tertiary/aromatic N) is 2. The van der Waals surface area contributed by atoms with Crippen molar-refractivity contribution in [1.82, 2.24) is 9.55 Å². The fourth-order valence-electron chi connectivity index (χ4n) is 2.05. The lowest BCUT2D eigenvalue weighted by atomic mass is 10.1. The van der Waals surface area contributed by atoms with E-state index in [1.165, 1.54) is 18.3 Å². The number of benzene rings is 1. The first-order valence-electron chi connectivity index (χ1n) is 6.38. The van der Waals surface area contributed by atoms with Gasteiger partial charge in [-0.25, -0.2) is 4.98 Å². The van der Waals surface area contributed by atoms with E-state index >= 15 is 0 Å². The van der Waals surface area contributed by atoms with Gasteiger partial charge in [0.05, 0.1) is 23.9 Å². The molecule has 21 heavy (non-hydrogen) atoms. The Balaban J connectivity index is 2.30. The summed E-state index contributed by atoms with van der Waals surface area (Å²) in [5.41, 5.74) is -0.749. The average Bonchev–Trinajstić information content (AvgIpc) is 2.86. The SMILES string of the molecule is COCC(C)n1ccnc1Nc1ccccc1C(F)(F)F. The maximum Gasteiger partial charge on any atom is 0.418 e. The predicted octanol–water partition coefficient (Wildman–Crippen LogP) is 3.85. The zero-order valence-electron chi connectivity index (χ0n) is 11.7. The van der Waals surface area contributed by atoms with Gasteiger partial charge < -0.3 is 14.6 Å². The Kier molecular flexibility index (Phi) is 4.52. The van der Waals surface area contributed by atoms with E-state index in [1.54, 1.807) is 23.9 Å². The number of methoxy groups -OCH3 is 1. The van der Waals surface area contributed by atoms with E-state index in [-0.39, 0.29) is 11.7 Å². The standard InChI is InChI=1S/C14H16F3N3O/c1-10(9-21-2)20-8-7-18-13(20)19-12-6-4-3-5-11(12)14(15,16)17/h3-8,10H,9H2,1-2H3,(H,18,19). The molecule has 0 amide bonds. The number of hydrogen-bond acceptors (Lipinski definition) is 3. The first kappa shape index (κ1) is 15.4. The predicted molar refractivity (Wildman–Crippen MR) is 73.5 cm³/mol. The summed E-state index contributed by atoms with van der Waals surface area (Å²) in [6.45, 7) is 2.33. The summed E-state index contributed by atoms with van der Waals surface area (Å²) >= 11 is 0. The lowest BCUT2D eigenvalue weighted by Crippen LogP contribution is -2.14. The molecule has 0 spiro atoms. The van der Waals surface area contributed by atoms with Crippen LogP contribution in [0.4, 0.5) is 24.8 Å². The molecule has 1 aromatic carbocycles. The highest BCUT2D eigenvalue weighted by Gasteiger charge is 2.33. The van der Waals surface area contributed by atoms with E-state index < -0.39 is 11.7 Å². The van der Waals surface area contributed by atoms with Crippen LogP contribution in [0.15, 0.2) is 36.7 Å². The highest BCUT2D eigenvalue weighted by Crippen LogP contribution is 2.35. The van der Waals surface area contributed by atoms with Crippen molar-refractivity contribution >= 4 is 11.6 Å². The summed E-state index contributed by atoms with van der Waals surface area (Å²) in [4.78, 5) is 4.07. The highest BCUT2D eigenvalue weighted by molar-refractivity contribution is 5.59. The summed E-state index contributed by atoms with van der Waals surface area (Å²) < 4.78 is 45.7. The van der Waals surface area contributed by atoms with Crippen molar-refractivity contribution in [3.63, 3.8) is 0 Å². The number of imidazole rings is 1. The van der Waals surface area contributed by atoms with Crippen molar-refractivity contribution in [1.29, 1.82) is 0 Å². The summed E-state index contributed by atoms with van der Waals surface area (Å²) in [6.07, 6.45) is -1.19. The van der Waals surface area contributed by atoms with Gasteiger partial charge in [0.1, 0.15) is 0 Å². The first-order valence-corrected chi connectivity index (χ1v) is 6.38. The molecule has 0 fully saturated rings. The fraction of sp³-hybridized carbons (Fsp3) is 0.357. The summed E-state index contributed by atoms with van der Waals surface area (Å²) in [5, 5.41) is 2.74. The van der Waals surface area contributed by atoms with E-state index in [4.69, 9.17) is 4.74 Å². The number of alkyl halides is 3. The third-order valence-corrected chi connectivity index (χ3v) is 3.03. The fourth-order valence-corrected chi connectivity index (χ4v) is 2.05. The minimum Gasteiger partial charge on any atom is -0.383 e. The second-order valence-corrected chi connectivity index (χ2v) is 4.63. The Bertz CT molecular complexity index is 595. The largest absolute Gasteiger partial charge is 0.418 e. The lowest BCUT2D eigenvalue weighted by Gasteiger charge is -2.18. The molecule has 0 aliphatic carbocycles. The summed E-state index contributed by atoms with van der Waals surface area (Å²) in [7, 11) is 1.57. The van der Waals surface area contributed by atoms with Crippen molar-refractivity contribution in [2.24, 2.45) is 0 Å². The monoisotopic (exact) mass is 299 g/mol. The van der Waals surface area contributed by atoms with Gasteiger partial charge in [-0.3, -0.25) is 0 Å². The summed E-state index contributed by atoms with van der Waals surface area (Å²) in [6, 6.07) is 5.27. The maximum atomic E-state index is 13.0. The number of para-hydroxylation sites is 1. The van der Waals surface area contributed by atoms with Crippen LogP contribution in [-0.4, -0.2) is 23.3 Å². The first-order chi connectivity index (χ1) is 9.93. The molecule has 0 aliphatic heterocycles. The smallest absolute Gasteiger partial charge is 0.383 e. The van der Waals surface area contributed by atoms with E-state index in [0.29, 0.717) is 12.6 Å². The van der Waals surface area contributed by atoms with Gasteiger partial charge in [-0.2, -0.15) is 13.2 Å². The van der Waals surface area contributed by atoms with E-state index in [1.807, 2.05) is 6.92 Å². The van der Waals surface area contributed by atoms with Gasteiger partial charge >= 0.3 is 6.18 Å². The highest BCUT2D eigenvalue weighted by atomic mass is 19.4. The average molecular weight is 299 g/mol.